The quantitative estimate of drug-likeness (QED) is 0.635. The van der Waals surface area contributed by atoms with Gasteiger partial charge in [-0.2, -0.15) is 13.2 Å². The van der Waals surface area contributed by atoms with Crippen molar-refractivity contribution >= 4 is 17.2 Å². The molecule has 0 bridgehead atoms. The SMILES string of the molecule is FC(F)(F)c1ccc(N2CCCN(Cc3coc(-c4cccs4)n3)CC2)nc1. The van der Waals surface area contributed by atoms with Gasteiger partial charge in [0.05, 0.1) is 16.1 Å². The van der Waals surface area contributed by atoms with Crippen LogP contribution in [0.3, 0.4) is 0 Å². The lowest BCUT2D eigenvalue weighted by Crippen LogP contribution is -2.31. The first-order valence-corrected chi connectivity index (χ1v) is 9.86. The second kappa shape index (κ2) is 7.92. The lowest BCUT2D eigenvalue weighted by atomic mass is 10.2. The average molecular weight is 408 g/mol. The molecule has 3 aromatic rings. The first-order chi connectivity index (χ1) is 13.5. The summed E-state index contributed by atoms with van der Waals surface area (Å²) in [6.45, 7) is 3.81. The number of halogens is 3. The molecule has 0 spiro atoms. The van der Waals surface area contributed by atoms with Crippen molar-refractivity contribution in [2.45, 2.75) is 19.1 Å². The van der Waals surface area contributed by atoms with Crippen LogP contribution in [0.15, 0.2) is 46.5 Å². The summed E-state index contributed by atoms with van der Waals surface area (Å²) in [5, 5.41) is 1.98. The van der Waals surface area contributed by atoms with Crippen LogP contribution < -0.4 is 4.90 Å². The molecule has 28 heavy (non-hydrogen) atoms. The molecule has 0 aliphatic carbocycles. The Morgan fingerprint density at radius 1 is 1.11 bits per heavy atom. The van der Waals surface area contributed by atoms with Gasteiger partial charge in [-0.3, -0.25) is 4.90 Å². The van der Waals surface area contributed by atoms with Gasteiger partial charge >= 0.3 is 6.18 Å². The van der Waals surface area contributed by atoms with Crippen molar-refractivity contribution in [2.75, 3.05) is 31.1 Å². The third kappa shape index (κ3) is 4.36. The lowest BCUT2D eigenvalue weighted by Gasteiger charge is -2.22. The van der Waals surface area contributed by atoms with Crippen molar-refractivity contribution < 1.29 is 17.6 Å². The Balaban J connectivity index is 1.36. The highest BCUT2D eigenvalue weighted by molar-refractivity contribution is 7.13. The van der Waals surface area contributed by atoms with Crippen LogP contribution in [0.4, 0.5) is 19.0 Å². The molecular formula is C19H19F3N4OS. The van der Waals surface area contributed by atoms with Gasteiger partial charge in [0.2, 0.25) is 5.89 Å². The monoisotopic (exact) mass is 408 g/mol. The number of aromatic nitrogens is 2. The summed E-state index contributed by atoms with van der Waals surface area (Å²) in [5.74, 6) is 1.21. The molecule has 0 radical (unpaired) electrons. The minimum atomic E-state index is -4.36. The molecule has 1 saturated heterocycles. The molecule has 0 aromatic carbocycles. The van der Waals surface area contributed by atoms with Crippen LogP contribution in [0.5, 0.6) is 0 Å². The Bertz CT molecular complexity index is 893. The van der Waals surface area contributed by atoms with Gasteiger partial charge in [0.25, 0.3) is 0 Å². The fourth-order valence-electron chi connectivity index (χ4n) is 3.22. The molecule has 4 rings (SSSR count). The maximum Gasteiger partial charge on any atom is 0.417 e. The Hall–Kier alpha value is -2.39. The normalized spacial score (nSPS) is 16.3. The van der Waals surface area contributed by atoms with Gasteiger partial charge in [0, 0.05) is 38.9 Å². The van der Waals surface area contributed by atoms with Crippen LogP contribution >= 0.6 is 11.3 Å². The first-order valence-electron chi connectivity index (χ1n) is 8.98. The number of pyridine rings is 1. The Kier molecular flexibility index (Phi) is 5.36. The van der Waals surface area contributed by atoms with Crippen LogP contribution in [0.2, 0.25) is 0 Å². The molecule has 0 amide bonds. The van der Waals surface area contributed by atoms with Gasteiger partial charge < -0.3 is 9.32 Å². The maximum atomic E-state index is 12.7. The first kappa shape index (κ1) is 18.9. The summed E-state index contributed by atoms with van der Waals surface area (Å²) in [6.07, 6.45) is -0.867. The van der Waals surface area contributed by atoms with Crippen molar-refractivity contribution in [3.05, 3.63) is 53.4 Å². The van der Waals surface area contributed by atoms with Gasteiger partial charge in [0.1, 0.15) is 12.1 Å². The van der Waals surface area contributed by atoms with Gasteiger partial charge in [-0.05, 0) is 30.0 Å². The van der Waals surface area contributed by atoms with Crippen molar-refractivity contribution in [1.82, 2.24) is 14.9 Å². The van der Waals surface area contributed by atoms with Crippen molar-refractivity contribution in [3.63, 3.8) is 0 Å². The lowest BCUT2D eigenvalue weighted by molar-refractivity contribution is -0.137. The second-order valence-corrected chi connectivity index (χ2v) is 7.59. The zero-order valence-electron chi connectivity index (χ0n) is 15.0. The number of thiophene rings is 1. The van der Waals surface area contributed by atoms with Gasteiger partial charge in [-0.1, -0.05) is 6.07 Å². The van der Waals surface area contributed by atoms with E-state index < -0.39 is 11.7 Å². The minimum Gasteiger partial charge on any atom is -0.444 e. The van der Waals surface area contributed by atoms with E-state index >= 15 is 0 Å². The fraction of sp³-hybridized carbons (Fsp3) is 0.368. The summed E-state index contributed by atoms with van der Waals surface area (Å²) in [7, 11) is 0. The third-order valence-electron chi connectivity index (χ3n) is 4.66. The number of oxazole rings is 1. The Morgan fingerprint density at radius 2 is 2.00 bits per heavy atom. The number of rotatable bonds is 4. The molecule has 0 unspecified atom stereocenters. The Labute approximate surface area is 164 Å². The number of hydrogen-bond donors (Lipinski definition) is 0. The zero-order chi connectivity index (χ0) is 19.6. The molecule has 1 aliphatic heterocycles. The maximum absolute atomic E-state index is 12.7. The molecule has 0 atom stereocenters. The summed E-state index contributed by atoms with van der Waals surface area (Å²) in [6, 6.07) is 6.47. The van der Waals surface area contributed by atoms with Crippen LogP contribution in [0.25, 0.3) is 10.8 Å². The number of hydrogen-bond acceptors (Lipinski definition) is 6. The summed E-state index contributed by atoms with van der Waals surface area (Å²) >= 11 is 1.59. The second-order valence-electron chi connectivity index (χ2n) is 6.64. The molecule has 3 aromatic heterocycles. The predicted molar refractivity (Wildman–Crippen MR) is 101 cm³/mol. The number of anilines is 1. The fourth-order valence-corrected chi connectivity index (χ4v) is 3.88. The van der Waals surface area contributed by atoms with Crippen LogP contribution in [0.1, 0.15) is 17.7 Å². The molecule has 0 N–H and O–H groups in total. The van der Waals surface area contributed by atoms with E-state index in [2.05, 4.69) is 14.9 Å². The number of nitrogens with zero attached hydrogens (tertiary/aromatic N) is 4. The van der Waals surface area contributed by atoms with Gasteiger partial charge in [-0.15, -0.1) is 11.3 Å². The highest BCUT2D eigenvalue weighted by Crippen LogP contribution is 2.29. The summed E-state index contributed by atoms with van der Waals surface area (Å²) < 4.78 is 43.7. The van der Waals surface area contributed by atoms with E-state index in [-0.39, 0.29) is 0 Å². The van der Waals surface area contributed by atoms with Crippen LogP contribution in [-0.2, 0) is 12.7 Å². The molecule has 9 heteroatoms. The van der Waals surface area contributed by atoms with E-state index in [1.165, 1.54) is 6.07 Å². The average Bonchev–Trinajstić information content (AvgIpc) is 3.30. The topological polar surface area (TPSA) is 45.4 Å². The minimum absolute atomic E-state index is 0.580. The van der Waals surface area contributed by atoms with E-state index in [9.17, 15) is 13.2 Å². The third-order valence-corrected chi connectivity index (χ3v) is 5.51. The van der Waals surface area contributed by atoms with Crippen molar-refractivity contribution in [3.8, 4) is 10.8 Å². The Morgan fingerprint density at radius 3 is 2.71 bits per heavy atom. The number of alkyl halides is 3. The summed E-state index contributed by atoms with van der Waals surface area (Å²) in [4.78, 5) is 13.9. The molecule has 1 fully saturated rings. The largest absolute Gasteiger partial charge is 0.444 e. The van der Waals surface area contributed by atoms with Crippen molar-refractivity contribution in [2.24, 2.45) is 0 Å². The van der Waals surface area contributed by atoms with Gasteiger partial charge in [0.15, 0.2) is 0 Å². The van der Waals surface area contributed by atoms with E-state index in [1.807, 2.05) is 22.4 Å². The van der Waals surface area contributed by atoms with Crippen LogP contribution in [0, 0.1) is 0 Å². The molecular weight excluding hydrogens is 389 g/mol. The summed E-state index contributed by atoms with van der Waals surface area (Å²) in [5.41, 5.74) is 0.157. The van der Waals surface area contributed by atoms with E-state index in [0.29, 0.717) is 24.8 Å². The van der Waals surface area contributed by atoms with E-state index in [4.69, 9.17) is 4.42 Å². The molecule has 148 valence electrons. The highest BCUT2D eigenvalue weighted by Gasteiger charge is 2.31. The zero-order valence-corrected chi connectivity index (χ0v) is 15.8. The smallest absolute Gasteiger partial charge is 0.417 e. The van der Waals surface area contributed by atoms with Crippen LogP contribution in [-0.4, -0.2) is 41.0 Å². The highest BCUT2D eigenvalue weighted by atomic mass is 32.1. The van der Waals surface area contributed by atoms with Crippen molar-refractivity contribution in [1.29, 1.82) is 0 Å². The molecule has 4 heterocycles. The van der Waals surface area contributed by atoms with E-state index in [0.717, 1.165) is 48.9 Å². The molecule has 0 saturated carbocycles. The molecule has 1 aliphatic rings. The van der Waals surface area contributed by atoms with Gasteiger partial charge in [-0.25, -0.2) is 9.97 Å². The predicted octanol–water partition coefficient (Wildman–Crippen LogP) is 4.53. The van der Waals surface area contributed by atoms with E-state index in [1.54, 1.807) is 17.6 Å². The molecule has 5 nitrogen and oxygen atoms in total. The standard InChI is InChI=1S/C19H19F3N4OS/c20-19(21,22)14-4-5-17(23-11-14)26-7-2-6-25(8-9-26)12-15-13-27-18(24-15)16-3-1-10-28-16/h1,3-5,10-11,13H,2,6-9,12H2.